The molecule has 0 unspecified atom stereocenters. The molecule has 174 valence electrons. The molecule has 0 spiro atoms. The molecule has 0 saturated heterocycles. The number of carbonyl (C=O) groups excluding carboxylic acids is 1. The molecule has 0 aliphatic heterocycles. The Hall–Kier alpha value is -2.97. The first-order chi connectivity index (χ1) is 15.7. The van der Waals surface area contributed by atoms with Crippen molar-refractivity contribution in [1.82, 2.24) is 19.8 Å². The van der Waals surface area contributed by atoms with Crippen LogP contribution in [0.4, 0.5) is 0 Å². The summed E-state index contributed by atoms with van der Waals surface area (Å²) in [6.45, 7) is 5.98. The fourth-order valence-corrected chi connectivity index (χ4v) is 5.59. The Morgan fingerprint density at radius 1 is 1.03 bits per heavy atom. The van der Waals surface area contributed by atoms with Crippen molar-refractivity contribution in [3.63, 3.8) is 0 Å². The van der Waals surface area contributed by atoms with Gasteiger partial charge in [-0.3, -0.25) is 4.79 Å². The Morgan fingerprint density at radius 3 is 2.36 bits per heavy atom. The van der Waals surface area contributed by atoms with Gasteiger partial charge in [0.05, 0.1) is 11.4 Å². The standard InChI is InChI=1S/C25H30N4O3S/c1-17(2)28-33(31,32)16-20-11-9-19(10-12-20)15-26-25(30)24-22-5-4-6-23(22)29(27-24)21-13-7-18(3)8-14-21/h7-14,17,28H,4-6,15-16H2,1-3H3,(H,26,30). The van der Waals surface area contributed by atoms with Gasteiger partial charge in [0.25, 0.3) is 5.91 Å². The molecule has 1 aromatic heterocycles. The lowest BCUT2D eigenvalue weighted by Crippen LogP contribution is -2.31. The number of benzene rings is 2. The summed E-state index contributed by atoms with van der Waals surface area (Å²) in [5.74, 6) is -0.257. The number of aryl methyl sites for hydroxylation is 1. The van der Waals surface area contributed by atoms with Crippen LogP contribution < -0.4 is 10.0 Å². The zero-order valence-corrected chi connectivity index (χ0v) is 20.1. The molecule has 3 aromatic rings. The molecule has 1 heterocycles. The first kappa shape index (κ1) is 23.2. The number of rotatable bonds is 8. The molecule has 0 radical (unpaired) electrons. The Bertz CT molecular complexity index is 1240. The quantitative estimate of drug-likeness (QED) is 0.532. The molecule has 33 heavy (non-hydrogen) atoms. The molecule has 2 aromatic carbocycles. The van der Waals surface area contributed by atoms with Gasteiger partial charge < -0.3 is 5.32 Å². The smallest absolute Gasteiger partial charge is 0.272 e. The first-order valence-electron chi connectivity index (χ1n) is 11.3. The fraction of sp³-hybridized carbons (Fsp3) is 0.360. The number of aromatic nitrogens is 2. The van der Waals surface area contributed by atoms with E-state index in [-0.39, 0.29) is 17.7 Å². The highest BCUT2D eigenvalue weighted by Gasteiger charge is 2.26. The number of fused-ring (bicyclic) bond motifs is 1. The van der Waals surface area contributed by atoms with Gasteiger partial charge in [0.2, 0.25) is 10.0 Å². The van der Waals surface area contributed by atoms with Gasteiger partial charge in [-0.05, 0) is 63.3 Å². The highest BCUT2D eigenvalue weighted by molar-refractivity contribution is 7.88. The molecule has 1 amide bonds. The number of amides is 1. The van der Waals surface area contributed by atoms with Crippen molar-refractivity contribution in [1.29, 1.82) is 0 Å². The molecular weight excluding hydrogens is 436 g/mol. The second-order valence-corrected chi connectivity index (χ2v) is 10.7. The zero-order chi connectivity index (χ0) is 23.6. The van der Waals surface area contributed by atoms with Crippen LogP contribution in [-0.2, 0) is 35.2 Å². The number of nitrogens with one attached hydrogen (secondary N) is 2. The van der Waals surface area contributed by atoms with Crippen LogP contribution in [0.1, 0.15) is 58.7 Å². The third kappa shape index (κ3) is 5.51. The molecule has 8 heteroatoms. The van der Waals surface area contributed by atoms with Crippen LogP contribution in [0, 0.1) is 6.92 Å². The topological polar surface area (TPSA) is 93.1 Å². The van der Waals surface area contributed by atoms with Gasteiger partial charge in [0, 0.05) is 23.8 Å². The van der Waals surface area contributed by atoms with Crippen molar-refractivity contribution >= 4 is 15.9 Å². The van der Waals surface area contributed by atoms with E-state index in [9.17, 15) is 13.2 Å². The van der Waals surface area contributed by atoms with Crippen LogP contribution in [0.25, 0.3) is 5.69 Å². The molecule has 1 aliphatic carbocycles. The molecule has 0 fully saturated rings. The SMILES string of the molecule is Cc1ccc(-n2nc(C(=O)NCc3ccc(CS(=O)(=O)NC(C)C)cc3)c3c2CCC3)cc1. The summed E-state index contributed by atoms with van der Waals surface area (Å²) in [5.41, 5.74) is 6.39. The zero-order valence-electron chi connectivity index (χ0n) is 19.3. The van der Waals surface area contributed by atoms with Crippen molar-refractivity contribution in [2.75, 3.05) is 0 Å². The second-order valence-electron chi connectivity index (χ2n) is 8.91. The van der Waals surface area contributed by atoms with Crippen LogP contribution in [-0.4, -0.2) is 30.1 Å². The first-order valence-corrected chi connectivity index (χ1v) is 12.9. The third-order valence-corrected chi connectivity index (χ3v) is 7.22. The lowest BCUT2D eigenvalue weighted by Gasteiger charge is -2.10. The molecule has 1 aliphatic rings. The van der Waals surface area contributed by atoms with E-state index >= 15 is 0 Å². The van der Waals surface area contributed by atoms with Crippen LogP contribution in [0.3, 0.4) is 0 Å². The lowest BCUT2D eigenvalue weighted by molar-refractivity contribution is 0.0944. The molecule has 0 atom stereocenters. The highest BCUT2D eigenvalue weighted by atomic mass is 32.2. The largest absolute Gasteiger partial charge is 0.347 e. The minimum Gasteiger partial charge on any atom is -0.347 e. The van der Waals surface area contributed by atoms with E-state index in [4.69, 9.17) is 0 Å². The van der Waals surface area contributed by atoms with Gasteiger partial charge in [-0.2, -0.15) is 5.10 Å². The highest BCUT2D eigenvalue weighted by Crippen LogP contribution is 2.28. The molecule has 4 rings (SSSR count). The molecule has 7 nitrogen and oxygen atoms in total. The van der Waals surface area contributed by atoms with E-state index in [1.54, 1.807) is 26.0 Å². The van der Waals surface area contributed by atoms with Crippen LogP contribution in [0.15, 0.2) is 48.5 Å². The summed E-state index contributed by atoms with van der Waals surface area (Å²) in [4.78, 5) is 13.0. The molecule has 2 N–H and O–H groups in total. The number of nitrogens with zero attached hydrogens (tertiary/aromatic N) is 2. The van der Waals surface area contributed by atoms with Crippen LogP contribution in [0.5, 0.6) is 0 Å². The number of hydrogen-bond donors (Lipinski definition) is 2. The minimum absolute atomic E-state index is 0.0690. The summed E-state index contributed by atoms with van der Waals surface area (Å²) < 4.78 is 28.7. The predicted molar refractivity (Wildman–Crippen MR) is 129 cm³/mol. The van der Waals surface area contributed by atoms with E-state index in [0.717, 1.165) is 41.8 Å². The molecule has 0 bridgehead atoms. The normalized spacial score (nSPS) is 13.3. The van der Waals surface area contributed by atoms with Crippen molar-refractivity contribution in [3.8, 4) is 5.69 Å². The fourth-order valence-electron chi connectivity index (χ4n) is 4.16. The number of carbonyl (C=O) groups is 1. The van der Waals surface area contributed by atoms with Crippen LogP contribution in [0.2, 0.25) is 0 Å². The van der Waals surface area contributed by atoms with Crippen molar-refractivity contribution in [3.05, 3.63) is 82.2 Å². The van der Waals surface area contributed by atoms with Crippen molar-refractivity contribution in [2.45, 2.75) is 58.4 Å². The summed E-state index contributed by atoms with van der Waals surface area (Å²) in [6.07, 6.45) is 2.80. The average molecular weight is 467 g/mol. The third-order valence-electron chi connectivity index (χ3n) is 5.67. The molecule has 0 saturated carbocycles. The number of sulfonamides is 1. The summed E-state index contributed by atoms with van der Waals surface area (Å²) in [6, 6.07) is 15.3. The van der Waals surface area contributed by atoms with E-state index < -0.39 is 10.0 Å². The Kier molecular flexibility index (Phi) is 6.67. The maximum Gasteiger partial charge on any atom is 0.272 e. The van der Waals surface area contributed by atoms with E-state index in [2.05, 4.69) is 15.1 Å². The van der Waals surface area contributed by atoms with Crippen molar-refractivity contribution < 1.29 is 13.2 Å². The Morgan fingerprint density at radius 2 is 1.70 bits per heavy atom. The van der Waals surface area contributed by atoms with Gasteiger partial charge in [0.1, 0.15) is 0 Å². The predicted octanol–water partition coefficient (Wildman–Crippen LogP) is 3.43. The second kappa shape index (κ2) is 9.49. The summed E-state index contributed by atoms with van der Waals surface area (Å²) in [5, 5.41) is 7.62. The summed E-state index contributed by atoms with van der Waals surface area (Å²) in [7, 11) is -3.37. The van der Waals surface area contributed by atoms with Gasteiger partial charge in [-0.1, -0.05) is 42.0 Å². The average Bonchev–Trinajstić information content (AvgIpc) is 3.35. The van der Waals surface area contributed by atoms with Crippen molar-refractivity contribution in [2.24, 2.45) is 0 Å². The lowest BCUT2D eigenvalue weighted by atomic mass is 10.1. The van der Waals surface area contributed by atoms with E-state index in [0.29, 0.717) is 17.8 Å². The Balaban J connectivity index is 1.43. The monoisotopic (exact) mass is 466 g/mol. The summed E-state index contributed by atoms with van der Waals surface area (Å²) >= 11 is 0. The van der Waals surface area contributed by atoms with Crippen LogP contribution >= 0.6 is 0 Å². The van der Waals surface area contributed by atoms with Gasteiger partial charge >= 0.3 is 0 Å². The van der Waals surface area contributed by atoms with Gasteiger partial charge in [-0.15, -0.1) is 0 Å². The number of hydrogen-bond acceptors (Lipinski definition) is 4. The van der Waals surface area contributed by atoms with Gasteiger partial charge in [-0.25, -0.2) is 17.8 Å². The van der Waals surface area contributed by atoms with E-state index in [1.165, 1.54) is 5.56 Å². The minimum atomic E-state index is -3.37. The van der Waals surface area contributed by atoms with E-state index in [1.807, 2.05) is 48.0 Å². The maximum absolute atomic E-state index is 13.0. The van der Waals surface area contributed by atoms with Gasteiger partial charge in [0.15, 0.2) is 5.69 Å². The molecular formula is C25H30N4O3S. The Labute approximate surface area is 195 Å². The maximum atomic E-state index is 13.0.